The molecule has 2 N–H and O–H groups in total. The zero-order chi connectivity index (χ0) is 8.97. The maximum atomic E-state index is 10.9. The molecule has 0 spiro atoms. The normalized spacial score (nSPS) is 16.6. The summed E-state index contributed by atoms with van der Waals surface area (Å²) in [6.45, 7) is 2.44. The lowest BCUT2D eigenvalue weighted by Gasteiger charge is -1.99. The van der Waals surface area contributed by atoms with Crippen molar-refractivity contribution in [2.45, 2.75) is 6.92 Å². The van der Waals surface area contributed by atoms with Crippen LogP contribution in [0.4, 0.5) is 0 Å². The summed E-state index contributed by atoms with van der Waals surface area (Å²) < 4.78 is 0. The lowest BCUT2D eigenvalue weighted by molar-refractivity contribution is -0.123. The number of carbonyl (C=O) groups excluding carboxylic acids is 2. The highest BCUT2D eigenvalue weighted by Crippen LogP contribution is 1.96. The summed E-state index contributed by atoms with van der Waals surface area (Å²) in [6, 6.07) is 0. The van der Waals surface area contributed by atoms with E-state index in [-0.39, 0.29) is 11.8 Å². The number of amides is 2. The Labute approximate surface area is 70.3 Å². The quantitative estimate of drug-likeness (QED) is 0.446. The minimum absolute atomic E-state index is 0.332. The summed E-state index contributed by atoms with van der Waals surface area (Å²) in [4.78, 5) is 21.5. The predicted molar refractivity (Wildman–Crippen MR) is 44.0 cm³/mol. The van der Waals surface area contributed by atoms with Gasteiger partial charge in [0.25, 0.3) is 11.8 Å². The van der Waals surface area contributed by atoms with Crippen LogP contribution in [0.15, 0.2) is 23.9 Å². The van der Waals surface area contributed by atoms with E-state index in [0.717, 1.165) is 0 Å². The maximum Gasteiger partial charge on any atom is 0.274 e. The number of rotatable bonds is 3. The van der Waals surface area contributed by atoms with Crippen LogP contribution in [-0.2, 0) is 9.59 Å². The van der Waals surface area contributed by atoms with Crippen molar-refractivity contribution < 1.29 is 9.59 Å². The smallest absolute Gasteiger partial charge is 0.274 e. The molecule has 12 heavy (non-hydrogen) atoms. The summed E-state index contributed by atoms with van der Waals surface area (Å²) >= 11 is 0. The third-order valence-electron chi connectivity index (χ3n) is 1.40. The van der Waals surface area contributed by atoms with E-state index in [1.165, 1.54) is 6.08 Å². The Morgan fingerprint density at radius 2 is 2.33 bits per heavy atom. The zero-order valence-corrected chi connectivity index (χ0v) is 6.76. The largest absolute Gasteiger partial charge is 0.377 e. The molecule has 0 radical (unpaired) electrons. The average molecular weight is 166 g/mol. The van der Waals surface area contributed by atoms with Crippen LogP contribution in [0.2, 0.25) is 0 Å². The van der Waals surface area contributed by atoms with Gasteiger partial charge in [0.1, 0.15) is 5.70 Å². The van der Waals surface area contributed by atoms with Crippen molar-refractivity contribution in [2.24, 2.45) is 0 Å². The molecule has 0 saturated heterocycles. The fourth-order valence-electron chi connectivity index (χ4n) is 0.830. The van der Waals surface area contributed by atoms with Crippen LogP contribution in [0.5, 0.6) is 0 Å². The average Bonchev–Trinajstić information content (AvgIpc) is 2.31. The number of hydrogen-bond donors (Lipinski definition) is 2. The zero-order valence-electron chi connectivity index (χ0n) is 6.76. The molecule has 0 aromatic carbocycles. The first-order chi connectivity index (χ1) is 5.74. The second-order valence-electron chi connectivity index (χ2n) is 2.33. The fraction of sp³-hybridized carbons (Fsp3) is 0.250. The third kappa shape index (κ3) is 1.95. The van der Waals surface area contributed by atoms with Gasteiger partial charge in [0.2, 0.25) is 0 Å². The van der Waals surface area contributed by atoms with Gasteiger partial charge in [-0.2, -0.15) is 0 Å². The number of imide groups is 1. The van der Waals surface area contributed by atoms with Crippen LogP contribution >= 0.6 is 0 Å². The van der Waals surface area contributed by atoms with E-state index >= 15 is 0 Å². The highest BCUT2D eigenvalue weighted by molar-refractivity contribution is 6.15. The Hall–Kier alpha value is -1.58. The number of allylic oxidation sites excluding steroid dienone is 1. The molecule has 64 valence electrons. The molecular formula is C8H10N2O2. The number of nitrogens with one attached hydrogen (secondary N) is 2. The Bertz CT molecular complexity index is 266. The van der Waals surface area contributed by atoms with Crippen molar-refractivity contribution >= 4 is 11.8 Å². The molecule has 1 aliphatic rings. The predicted octanol–water partition coefficient (Wildman–Crippen LogP) is -0.308. The van der Waals surface area contributed by atoms with E-state index in [0.29, 0.717) is 12.2 Å². The summed E-state index contributed by atoms with van der Waals surface area (Å²) in [5.41, 5.74) is 0.332. The van der Waals surface area contributed by atoms with Gasteiger partial charge in [-0.1, -0.05) is 12.2 Å². The van der Waals surface area contributed by atoms with Crippen molar-refractivity contribution in [1.29, 1.82) is 0 Å². The third-order valence-corrected chi connectivity index (χ3v) is 1.40. The van der Waals surface area contributed by atoms with Gasteiger partial charge in [0, 0.05) is 12.6 Å². The first-order valence-electron chi connectivity index (χ1n) is 3.66. The van der Waals surface area contributed by atoms with Crippen molar-refractivity contribution in [3.05, 3.63) is 23.9 Å². The Morgan fingerprint density at radius 3 is 2.83 bits per heavy atom. The maximum absolute atomic E-state index is 10.9. The molecule has 4 heteroatoms. The first kappa shape index (κ1) is 8.52. The van der Waals surface area contributed by atoms with Gasteiger partial charge in [0.05, 0.1) is 0 Å². The van der Waals surface area contributed by atoms with E-state index < -0.39 is 0 Å². The standard InChI is InChI=1S/C8H10N2O2/c1-2-3-4-9-6-5-7(11)10-8(6)12/h2-3,5H,4H2,1H3,(H2,9,10,11,12). The molecule has 1 rings (SSSR count). The van der Waals surface area contributed by atoms with Crippen LogP contribution in [0, 0.1) is 0 Å². The molecule has 0 atom stereocenters. The van der Waals surface area contributed by atoms with E-state index in [4.69, 9.17) is 0 Å². The SMILES string of the molecule is CC=CCNC1=CC(=O)NC1=O. The minimum Gasteiger partial charge on any atom is -0.377 e. The molecule has 0 fully saturated rings. The second kappa shape index (κ2) is 3.71. The first-order valence-corrected chi connectivity index (χ1v) is 3.66. The molecule has 4 nitrogen and oxygen atoms in total. The van der Waals surface area contributed by atoms with Gasteiger partial charge in [-0.15, -0.1) is 0 Å². The molecular weight excluding hydrogens is 156 g/mol. The highest BCUT2D eigenvalue weighted by atomic mass is 16.2. The molecule has 0 unspecified atom stereocenters. The van der Waals surface area contributed by atoms with Crippen LogP contribution in [-0.4, -0.2) is 18.4 Å². The van der Waals surface area contributed by atoms with Crippen molar-refractivity contribution in [1.82, 2.24) is 10.6 Å². The Kier molecular flexibility index (Phi) is 2.63. The van der Waals surface area contributed by atoms with Crippen LogP contribution < -0.4 is 10.6 Å². The lowest BCUT2D eigenvalue weighted by atomic mass is 10.4. The molecule has 2 amide bonds. The van der Waals surface area contributed by atoms with Crippen LogP contribution in [0.25, 0.3) is 0 Å². The van der Waals surface area contributed by atoms with E-state index in [1.54, 1.807) is 0 Å². The van der Waals surface area contributed by atoms with Crippen molar-refractivity contribution in [3.63, 3.8) is 0 Å². The van der Waals surface area contributed by atoms with Gasteiger partial charge in [-0.05, 0) is 6.92 Å². The molecule has 0 aromatic rings. The summed E-state index contributed by atoms with van der Waals surface area (Å²) in [6.07, 6.45) is 4.98. The minimum atomic E-state index is -0.358. The van der Waals surface area contributed by atoms with Gasteiger partial charge >= 0.3 is 0 Å². The van der Waals surface area contributed by atoms with Crippen molar-refractivity contribution in [2.75, 3.05) is 6.54 Å². The molecule has 1 aliphatic heterocycles. The summed E-state index contributed by atoms with van der Waals surface area (Å²) in [5, 5.41) is 4.94. The van der Waals surface area contributed by atoms with Gasteiger partial charge in [-0.3, -0.25) is 14.9 Å². The summed E-state index contributed by atoms with van der Waals surface area (Å²) in [7, 11) is 0. The molecule has 0 saturated carbocycles. The van der Waals surface area contributed by atoms with Gasteiger partial charge in [0.15, 0.2) is 0 Å². The van der Waals surface area contributed by atoms with E-state index in [1.807, 2.05) is 19.1 Å². The Balaban J connectivity index is 2.47. The number of hydrogen-bond acceptors (Lipinski definition) is 3. The topological polar surface area (TPSA) is 58.2 Å². The molecule has 0 aromatic heterocycles. The van der Waals surface area contributed by atoms with Gasteiger partial charge < -0.3 is 5.32 Å². The molecule has 1 heterocycles. The molecule has 0 aliphatic carbocycles. The number of carbonyl (C=O) groups is 2. The second-order valence-corrected chi connectivity index (χ2v) is 2.33. The summed E-state index contributed by atoms with van der Waals surface area (Å²) in [5.74, 6) is -0.715. The van der Waals surface area contributed by atoms with Crippen LogP contribution in [0.3, 0.4) is 0 Å². The van der Waals surface area contributed by atoms with Crippen LogP contribution in [0.1, 0.15) is 6.92 Å². The van der Waals surface area contributed by atoms with Crippen molar-refractivity contribution in [3.8, 4) is 0 Å². The lowest BCUT2D eigenvalue weighted by Crippen LogP contribution is -2.27. The van der Waals surface area contributed by atoms with Gasteiger partial charge in [-0.25, -0.2) is 0 Å². The Morgan fingerprint density at radius 1 is 1.58 bits per heavy atom. The monoisotopic (exact) mass is 166 g/mol. The highest BCUT2D eigenvalue weighted by Gasteiger charge is 2.19. The van der Waals surface area contributed by atoms with E-state index in [2.05, 4.69) is 10.6 Å². The van der Waals surface area contributed by atoms with E-state index in [9.17, 15) is 9.59 Å². The fourth-order valence-corrected chi connectivity index (χ4v) is 0.830. The molecule has 0 bridgehead atoms.